The summed E-state index contributed by atoms with van der Waals surface area (Å²) in [6.45, 7) is 1.98. The fourth-order valence-corrected chi connectivity index (χ4v) is 3.40. The number of nitrogens with zero attached hydrogens (tertiary/aromatic N) is 2. The third-order valence-electron chi connectivity index (χ3n) is 3.78. The third-order valence-corrected chi connectivity index (χ3v) is 4.66. The molecule has 0 atom stereocenters. The van der Waals surface area contributed by atoms with Crippen LogP contribution < -0.4 is 0 Å². The summed E-state index contributed by atoms with van der Waals surface area (Å²) in [5.74, 6) is -1.40. The summed E-state index contributed by atoms with van der Waals surface area (Å²) in [4.78, 5) is 5.73. The van der Waals surface area contributed by atoms with Gasteiger partial charge in [-0.25, -0.2) is 13.8 Å². The lowest BCUT2D eigenvalue weighted by molar-refractivity contribution is 0.581. The van der Waals surface area contributed by atoms with Gasteiger partial charge in [0.25, 0.3) is 0 Å². The lowest BCUT2D eigenvalue weighted by Gasteiger charge is -2.05. The second kappa shape index (κ2) is 5.28. The number of pyridine rings is 1. The molecular weight excluding hydrogens is 314 g/mol. The minimum atomic E-state index is -0.703. The van der Waals surface area contributed by atoms with Crippen molar-refractivity contribution in [3.05, 3.63) is 71.4 Å². The quantitative estimate of drug-likeness (QED) is 0.500. The van der Waals surface area contributed by atoms with Gasteiger partial charge >= 0.3 is 0 Å². The van der Waals surface area contributed by atoms with Crippen LogP contribution >= 0.6 is 11.3 Å². The Morgan fingerprint density at radius 2 is 2.00 bits per heavy atom. The average Bonchev–Trinajstić information content (AvgIpc) is 3.15. The standard InChI is InChI=1S/C18H11F2N2S/c1-11-18(16-3-2-8-23-16)21-17-7-4-12(10-22(11)17)14-6-5-13(19)9-15(14)20/h2-8,10H,1H3. The van der Waals surface area contributed by atoms with E-state index in [0.29, 0.717) is 11.1 Å². The van der Waals surface area contributed by atoms with Gasteiger partial charge in [-0.05, 0) is 42.6 Å². The normalized spacial score (nSPS) is 11.3. The molecule has 23 heavy (non-hydrogen) atoms. The van der Waals surface area contributed by atoms with Gasteiger partial charge in [-0.1, -0.05) is 6.07 Å². The van der Waals surface area contributed by atoms with Gasteiger partial charge in [-0.2, -0.15) is 0 Å². The molecule has 0 spiro atoms. The second-order valence-corrected chi connectivity index (χ2v) is 6.15. The van der Waals surface area contributed by atoms with Crippen LogP contribution in [0.1, 0.15) is 5.69 Å². The molecule has 0 fully saturated rings. The Morgan fingerprint density at radius 3 is 2.74 bits per heavy atom. The van der Waals surface area contributed by atoms with Crippen molar-refractivity contribution >= 4 is 17.0 Å². The van der Waals surface area contributed by atoms with Crippen molar-refractivity contribution in [2.75, 3.05) is 0 Å². The molecule has 5 heteroatoms. The summed E-state index contributed by atoms with van der Waals surface area (Å²) in [5.41, 5.74) is 3.67. The summed E-state index contributed by atoms with van der Waals surface area (Å²) in [5, 5.41) is 2.01. The van der Waals surface area contributed by atoms with E-state index in [4.69, 9.17) is 0 Å². The van der Waals surface area contributed by atoms with Crippen molar-refractivity contribution in [2.24, 2.45) is 0 Å². The zero-order chi connectivity index (χ0) is 16.0. The molecule has 113 valence electrons. The monoisotopic (exact) mass is 325 g/mol. The van der Waals surface area contributed by atoms with Crippen LogP contribution in [0.25, 0.3) is 27.3 Å². The fourth-order valence-electron chi connectivity index (χ4n) is 2.63. The van der Waals surface area contributed by atoms with Crippen LogP contribution in [0, 0.1) is 24.6 Å². The van der Waals surface area contributed by atoms with E-state index in [2.05, 4.69) is 11.1 Å². The summed E-state index contributed by atoms with van der Waals surface area (Å²) < 4.78 is 28.9. The molecule has 0 saturated carbocycles. The summed E-state index contributed by atoms with van der Waals surface area (Å²) in [6.07, 6.45) is 1.82. The lowest BCUT2D eigenvalue weighted by Crippen LogP contribution is -1.92. The molecule has 0 amide bonds. The highest BCUT2D eigenvalue weighted by atomic mass is 32.1. The predicted octanol–water partition coefficient (Wildman–Crippen LogP) is 5.12. The van der Waals surface area contributed by atoms with Crippen molar-refractivity contribution in [3.63, 3.8) is 0 Å². The number of aryl methyl sites for hydroxylation is 1. The van der Waals surface area contributed by atoms with Gasteiger partial charge in [-0.15, -0.1) is 11.3 Å². The van der Waals surface area contributed by atoms with E-state index in [1.54, 1.807) is 17.4 Å². The Balaban J connectivity index is 1.89. The minimum absolute atomic E-state index is 0.319. The first-order valence-corrected chi connectivity index (χ1v) is 7.92. The molecule has 0 saturated heterocycles. The molecule has 0 unspecified atom stereocenters. The Bertz CT molecular complexity index is 1000. The van der Waals surface area contributed by atoms with E-state index in [-0.39, 0.29) is 0 Å². The summed E-state index contributed by atoms with van der Waals surface area (Å²) in [7, 11) is 0. The second-order valence-electron chi connectivity index (χ2n) is 5.20. The molecule has 3 aromatic heterocycles. The van der Waals surface area contributed by atoms with Crippen molar-refractivity contribution in [1.29, 1.82) is 0 Å². The van der Waals surface area contributed by atoms with Gasteiger partial charge in [-0.3, -0.25) is 0 Å². The topological polar surface area (TPSA) is 17.3 Å². The van der Waals surface area contributed by atoms with Crippen molar-refractivity contribution < 1.29 is 8.78 Å². The van der Waals surface area contributed by atoms with Gasteiger partial charge in [0.1, 0.15) is 23.0 Å². The molecule has 0 bridgehead atoms. The highest BCUT2D eigenvalue weighted by Gasteiger charge is 2.13. The SMILES string of the molecule is Cc1c(-c2cccs2)nc2ccc(-c3ccc(F)[c]c3F)cn12. The van der Waals surface area contributed by atoms with Crippen molar-refractivity contribution in [3.8, 4) is 21.7 Å². The summed E-state index contributed by atoms with van der Waals surface area (Å²) >= 11 is 1.63. The zero-order valence-electron chi connectivity index (χ0n) is 12.2. The van der Waals surface area contributed by atoms with Crippen LogP contribution in [0.3, 0.4) is 0 Å². The number of fused-ring (bicyclic) bond motifs is 1. The van der Waals surface area contributed by atoms with Gasteiger partial charge in [0.15, 0.2) is 0 Å². The molecule has 0 aliphatic carbocycles. The fraction of sp³-hybridized carbons (Fsp3) is 0.0556. The Hall–Kier alpha value is -2.53. The first-order valence-electron chi connectivity index (χ1n) is 7.04. The van der Waals surface area contributed by atoms with Crippen LogP contribution in [0.15, 0.2) is 48.0 Å². The van der Waals surface area contributed by atoms with E-state index in [1.807, 2.05) is 41.1 Å². The molecule has 3 heterocycles. The van der Waals surface area contributed by atoms with Gasteiger partial charge < -0.3 is 4.40 Å². The molecule has 2 nitrogen and oxygen atoms in total. The van der Waals surface area contributed by atoms with Crippen LogP contribution in [-0.2, 0) is 0 Å². The van der Waals surface area contributed by atoms with E-state index in [1.165, 1.54) is 12.1 Å². The number of aromatic nitrogens is 2. The minimum Gasteiger partial charge on any atom is -0.303 e. The zero-order valence-corrected chi connectivity index (χ0v) is 13.0. The first-order chi connectivity index (χ1) is 11.1. The smallest absolute Gasteiger partial charge is 0.142 e. The number of hydrogen-bond donors (Lipinski definition) is 0. The number of rotatable bonds is 2. The van der Waals surface area contributed by atoms with E-state index in [0.717, 1.165) is 21.9 Å². The number of benzene rings is 1. The largest absolute Gasteiger partial charge is 0.303 e. The Kier molecular flexibility index (Phi) is 3.23. The highest BCUT2D eigenvalue weighted by Crippen LogP contribution is 2.30. The van der Waals surface area contributed by atoms with Gasteiger partial charge in [0.2, 0.25) is 0 Å². The Labute approximate surface area is 135 Å². The lowest BCUT2D eigenvalue weighted by atomic mass is 10.1. The molecule has 0 aliphatic heterocycles. The molecule has 0 N–H and O–H groups in total. The maximum atomic E-state index is 13.9. The molecule has 0 aliphatic rings. The molecule has 4 rings (SSSR count). The van der Waals surface area contributed by atoms with Crippen LogP contribution in [0.5, 0.6) is 0 Å². The maximum Gasteiger partial charge on any atom is 0.142 e. The number of hydrogen-bond acceptors (Lipinski definition) is 2. The molecule has 1 radical (unpaired) electrons. The Morgan fingerprint density at radius 1 is 1.13 bits per heavy atom. The molecular formula is C18H11F2N2S. The molecule has 4 aromatic rings. The predicted molar refractivity (Wildman–Crippen MR) is 87.4 cm³/mol. The van der Waals surface area contributed by atoms with E-state index < -0.39 is 11.6 Å². The average molecular weight is 325 g/mol. The van der Waals surface area contributed by atoms with Gasteiger partial charge in [0.05, 0.1) is 10.9 Å². The van der Waals surface area contributed by atoms with E-state index >= 15 is 0 Å². The number of halogens is 2. The van der Waals surface area contributed by atoms with Crippen LogP contribution in [-0.4, -0.2) is 9.38 Å². The van der Waals surface area contributed by atoms with Crippen molar-refractivity contribution in [2.45, 2.75) is 6.92 Å². The van der Waals surface area contributed by atoms with Crippen LogP contribution in [0.2, 0.25) is 0 Å². The maximum absolute atomic E-state index is 13.9. The first kappa shape index (κ1) is 14.1. The number of imidazole rings is 1. The van der Waals surface area contributed by atoms with Crippen LogP contribution in [0.4, 0.5) is 8.78 Å². The van der Waals surface area contributed by atoms with E-state index in [9.17, 15) is 8.78 Å². The third kappa shape index (κ3) is 2.33. The summed E-state index contributed by atoms with van der Waals surface area (Å²) in [6, 6.07) is 12.3. The molecule has 1 aromatic carbocycles. The van der Waals surface area contributed by atoms with Gasteiger partial charge in [0, 0.05) is 23.0 Å². The number of thiophene rings is 1. The highest BCUT2D eigenvalue weighted by molar-refractivity contribution is 7.13. The van der Waals surface area contributed by atoms with Crippen molar-refractivity contribution in [1.82, 2.24) is 9.38 Å².